The maximum absolute atomic E-state index is 11.9. The van der Waals surface area contributed by atoms with Gasteiger partial charge < -0.3 is 0 Å². The molecule has 5 nitrogen and oxygen atoms in total. The summed E-state index contributed by atoms with van der Waals surface area (Å²) in [6.45, 7) is 1.90. The maximum Gasteiger partial charge on any atom is 0.170 e. The van der Waals surface area contributed by atoms with E-state index >= 15 is 0 Å². The third-order valence-electron chi connectivity index (χ3n) is 2.35. The number of carbonyl (C=O) groups excluding carboxylic acids is 1. The van der Waals surface area contributed by atoms with E-state index in [1.807, 2.05) is 20.0 Å². The van der Waals surface area contributed by atoms with Gasteiger partial charge in [-0.3, -0.25) is 9.48 Å². The van der Waals surface area contributed by atoms with Gasteiger partial charge >= 0.3 is 0 Å². The van der Waals surface area contributed by atoms with Gasteiger partial charge in [0, 0.05) is 18.3 Å². The zero-order chi connectivity index (χ0) is 11.5. The van der Waals surface area contributed by atoms with Crippen molar-refractivity contribution in [3.8, 4) is 0 Å². The van der Waals surface area contributed by atoms with Gasteiger partial charge in [0.2, 0.25) is 0 Å². The van der Waals surface area contributed by atoms with Crippen molar-refractivity contribution in [2.45, 2.75) is 13.3 Å². The van der Waals surface area contributed by atoms with Crippen molar-refractivity contribution in [2.24, 2.45) is 7.05 Å². The number of aryl methyl sites for hydroxylation is 2. The predicted molar refractivity (Wildman–Crippen MR) is 58.0 cm³/mol. The fourth-order valence-electron chi connectivity index (χ4n) is 1.55. The summed E-state index contributed by atoms with van der Waals surface area (Å²) in [5.74, 6) is 0.0258. The van der Waals surface area contributed by atoms with Crippen LogP contribution in [0.2, 0.25) is 0 Å². The SMILES string of the molecule is Cc1cc(CC(=O)c2ccnnc2)n(C)n1. The molecule has 0 spiro atoms. The molecule has 0 saturated heterocycles. The minimum Gasteiger partial charge on any atom is -0.294 e. The van der Waals surface area contributed by atoms with Crippen LogP contribution < -0.4 is 0 Å². The van der Waals surface area contributed by atoms with Crippen LogP contribution in [0.25, 0.3) is 0 Å². The van der Waals surface area contributed by atoms with Crippen molar-refractivity contribution in [3.63, 3.8) is 0 Å². The Hall–Kier alpha value is -2.04. The Morgan fingerprint density at radius 1 is 1.44 bits per heavy atom. The summed E-state index contributed by atoms with van der Waals surface area (Å²) >= 11 is 0. The normalized spacial score (nSPS) is 10.4. The highest BCUT2D eigenvalue weighted by Gasteiger charge is 2.10. The van der Waals surface area contributed by atoms with Crippen molar-refractivity contribution in [1.82, 2.24) is 20.0 Å². The van der Waals surface area contributed by atoms with Crippen LogP contribution in [0.1, 0.15) is 21.7 Å². The Morgan fingerprint density at radius 2 is 2.25 bits per heavy atom. The summed E-state index contributed by atoms with van der Waals surface area (Å²) in [4.78, 5) is 11.9. The first-order valence-electron chi connectivity index (χ1n) is 4.96. The van der Waals surface area contributed by atoms with Crippen LogP contribution in [0.15, 0.2) is 24.5 Å². The molecule has 0 radical (unpaired) electrons. The van der Waals surface area contributed by atoms with Gasteiger partial charge in [-0.25, -0.2) is 0 Å². The van der Waals surface area contributed by atoms with Gasteiger partial charge in [-0.15, -0.1) is 0 Å². The van der Waals surface area contributed by atoms with Crippen LogP contribution in [0.4, 0.5) is 0 Å². The quantitative estimate of drug-likeness (QED) is 0.716. The lowest BCUT2D eigenvalue weighted by molar-refractivity contribution is 0.0990. The van der Waals surface area contributed by atoms with E-state index in [2.05, 4.69) is 15.3 Å². The Labute approximate surface area is 93.1 Å². The van der Waals surface area contributed by atoms with Gasteiger partial charge in [-0.05, 0) is 19.1 Å². The zero-order valence-corrected chi connectivity index (χ0v) is 9.21. The van der Waals surface area contributed by atoms with E-state index in [1.165, 1.54) is 12.4 Å². The lowest BCUT2D eigenvalue weighted by Crippen LogP contribution is -2.08. The van der Waals surface area contributed by atoms with Gasteiger partial charge in [0.25, 0.3) is 0 Å². The number of aromatic nitrogens is 4. The van der Waals surface area contributed by atoms with E-state index in [9.17, 15) is 4.79 Å². The highest BCUT2D eigenvalue weighted by atomic mass is 16.1. The van der Waals surface area contributed by atoms with E-state index in [1.54, 1.807) is 10.7 Å². The maximum atomic E-state index is 11.9. The number of carbonyl (C=O) groups is 1. The highest BCUT2D eigenvalue weighted by Crippen LogP contribution is 2.07. The highest BCUT2D eigenvalue weighted by molar-refractivity contribution is 5.96. The smallest absolute Gasteiger partial charge is 0.170 e. The van der Waals surface area contributed by atoms with Crippen LogP contribution in [0.5, 0.6) is 0 Å². The van der Waals surface area contributed by atoms with Gasteiger partial charge in [0.1, 0.15) is 0 Å². The van der Waals surface area contributed by atoms with Crippen LogP contribution in [0, 0.1) is 6.92 Å². The topological polar surface area (TPSA) is 60.7 Å². The molecule has 5 heteroatoms. The zero-order valence-electron chi connectivity index (χ0n) is 9.21. The number of hydrogen-bond donors (Lipinski definition) is 0. The molecule has 0 aliphatic rings. The first-order valence-corrected chi connectivity index (χ1v) is 4.96. The Morgan fingerprint density at radius 3 is 2.81 bits per heavy atom. The molecule has 0 atom stereocenters. The molecule has 0 aliphatic carbocycles. The largest absolute Gasteiger partial charge is 0.294 e. The molecule has 0 amide bonds. The molecule has 0 bridgehead atoms. The second kappa shape index (κ2) is 4.22. The lowest BCUT2D eigenvalue weighted by Gasteiger charge is -2.00. The van der Waals surface area contributed by atoms with E-state index in [0.29, 0.717) is 12.0 Å². The molecule has 16 heavy (non-hydrogen) atoms. The third kappa shape index (κ3) is 2.13. The molecule has 82 valence electrons. The fourth-order valence-corrected chi connectivity index (χ4v) is 1.55. The van der Waals surface area contributed by atoms with Crippen molar-refractivity contribution >= 4 is 5.78 Å². The van der Waals surface area contributed by atoms with E-state index in [-0.39, 0.29) is 5.78 Å². The van der Waals surface area contributed by atoms with Crippen LogP contribution in [-0.4, -0.2) is 25.8 Å². The first-order chi connectivity index (χ1) is 7.66. The van der Waals surface area contributed by atoms with Crippen LogP contribution in [0.3, 0.4) is 0 Å². The van der Waals surface area contributed by atoms with Gasteiger partial charge in [-0.1, -0.05) is 0 Å². The van der Waals surface area contributed by atoms with E-state index < -0.39 is 0 Å². The standard InChI is InChI=1S/C11H12N4O/c1-8-5-10(15(2)14-8)6-11(16)9-3-4-12-13-7-9/h3-5,7H,6H2,1-2H3. The number of ketones is 1. The van der Waals surface area contributed by atoms with Crippen molar-refractivity contribution in [3.05, 3.63) is 41.5 Å². The van der Waals surface area contributed by atoms with Crippen molar-refractivity contribution < 1.29 is 4.79 Å². The van der Waals surface area contributed by atoms with Crippen LogP contribution in [-0.2, 0) is 13.5 Å². The second-order valence-corrected chi connectivity index (χ2v) is 3.63. The molecule has 0 saturated carbocycles. The average Bonchev–Trinajstić information content (AvgIpc) is 2.59. The molecule has 0 N–H and O–H groups in total. The summed E-state index contributed by atoms with van der Waals surface area (Å²) in [5.41, 5.74) is 2.39. The molecule has 0 aliphatic heterocycles. The Kier molecular flexibility index (Phi) is 2.76. The summed E-state index contributed by atoms with van der Waals surface area (Å²) in [5, 5.41) is 11.5. The molecule has 2 rings (SSSR count). The minimum absolute atomic E-state index is 0.0258. The van der Waals surface area contributed by atoms with Crippen LogP contribution >= 0.6 is 0 Å². The number of nitrogens with zero attached hydrogens (tertiary/aromatic N) is 4. The lowest BCUT2D eigenvalue weighted by atomic mass is 10.1. The molecule has 0 fully saturated rings. The fraction of sp³-hybridized carbons (Fsp3) is 0.273. The molecule has 0 unspecified atom stereocenters. The molecule has 0 aromatic carbocycles. The Bertz CT molecular complexity index is 504. The summed E-state index contributed by atoms with van der Waals surface area (Å²) < 4.78 is 1.72. The molecule has 2 aromatic rings. The van der Waals surface area contributed by atoms with Gasteiger partial charge in [0.05, 0.1) is 24.5 Å². The van der Waals surface area contributed by atoms with Gasteiger partial charge in [0.15, 0.2) is 5.78 Å². The first kappa shape index (κ1) is 10.5. The van der Waals surface area contributed by atoms with Gasteiger partial charge in [-0.2, -0.15) is 15.3 Å². The minimum atomic E-state index is 0.0258. The molecular formula is C11H12N4O. The average molecular weight is 216 g/mol. The third-order valence-corrected chi connectivity index (χ3v) is 2.35. The predicted octanol–water partition coefficient (Wildman–Crippen LogP) is 0.944. The molecular weight excluding hydrogens is 204 g/mol. The summed E-state index contributed by atoms with van der Waals surface area (Å²) in [6, 6.07) is 3.57. The van der Waals surface area contributed by atoms with E-state index in [4.69, 9.17) is 0 Å². The number of hydrogen-bond acceptors (Lipinski definition) is 4. The summed E-state index contributed by atoms with van der Waals surface area (Å²) in [7, 11) is 1.83. The number of rotatable bonds is 3. The second-order valence-electron chi connectivity index (χ2n) is 3.63. The van der Waals surface area contributed by atoms with Crippen molar-refractivity contribution in [2.75, 3.05) is 0 Å². The number of Topliss-reactive ketones (excluding diaryl/α,β-unsaturated/α-hetero) is 1. The molecule has 2 aromatic heterocycles. The monoisotopic (exact) mass is 216 g/mol. The Balaban J connectivity index is 2.17. The van der Waals surface area contributed by atoms with E-state index in [0.717, 1.165) is 11.4 Å². The van der Waals surface area contributed by atoms with Crippen molar-refractivity contribution in [1.29, 1.82) is 0 Å². The molecule has 2 heterocycles. The summed E-state index contributed by atoms with van der Waals surface area (Å²) in [6.07, 6.45) is 3.33.